The van der Waals surface area contributed by atoms with Crippen molar-refractivity contribution >= 4 is 29.1 Å². The normalized spacial score (nSPS) is 29.7. The third-order valence-electron chi connectivity index (χ3n) is 6.53. The Kier molecular flexibility index (Phi) is 4.42. The number of carbonyl (C=O) groups is 1. The van der Waals surface area contributed by atoms with Crippen LogP contribution in [0.4, 0.5) is 0 Å². The highest BCUT2D eigenvalue weighted by molar-refractivity contribution is 6.35. The Balaban J connectivity index is 1.61. The molecule has 6 rings (SSSR count). The molecule has 1 amide bonds. The Bertz CT molecular complexity index is 892. The van der Waals surface area contributed by atoms with Crippen LogP contribution < -0.4 is 0 Å². The molecular weight excluding hydrogens is 379 g/mol. The number of hydrogen-bond donors (Lipinski definition) is 0. The summed E-state index contributed by atoms with van der Waals surface area (Å²) >= 11 is 12.7. The van der Waals surface area contributed by atoms with E-state index in [9.17, 15) is 4.79 Å². The first-order valence-electron chi connectivity index (χ1n) is 9.69. The van der Waals surface area contributed by atoms with Crippen LogP contribution in [-0.4, -0.2) is 41.4 Å². The molecule has 0 radical (unpaired) electrons. The molecule has 2 aromatic rings. The highest BCUT2D eigenvalue weighted by Gasteiger charge is 2.45. The fourth-order valence-corrected chi connectivity index (χ4v) is 5.69. The number of rotatable bonds is 2. The molecule has 2 bridgehead atoms. The Labute approximate surface area is 169 Å². The van der Waals surface area contributed by atoms with Gasteiger partial charge in [-0.3, -0.25) is 4.79 Å². The van der Waals surface area contributed by atoms with Crippen molar-refractivity contribution in [3.05, 3.63) is 69.2 Å². The van der Waals surface area contributed by atoms with Gasteiger partial charge in [0.2, 0.25) is 0 Å². The van der Waals surface area contributed by atoms with Gasteiger partial charge in [0.05, 0.1) is 6.04 Å². The number of nitrogens with zero attached hydrogens (tertiary/aromatic N) is 2. The summed E-state index contributed by atoms with van der Waals surface area (Å²) < 4.78 is 0. The molecule has 2 atom stereocenters. The lowest BCUT2D eigenvalue weighted by Crippen LogP contribution is -2.60. The highest BCUT2D eigenvalue weighted by atomic mass is 35.5. The van der Waals surface area contributed by atoms with Crippen LogP contribution in [0.15, 0.2) is 42.5 Å². The molecule has 4 aliphatic rings. The molecule has 0 spiro atoms. The Hall–Kier alpha value is -1.55. The second-order valence-corrected chi connectivity index (χ2v) is 8.80. The minimum Gasteiger partial charge on any atom is -0.327 e. The van der Waals surface area contributed by atoms with Gasteiger partial charge in [0.25, 0.3) is 5.91 Å². The van der Waals surface area contributed by atoms with Gasteiger partial charge in [-0.1, -0.05) is 47.5 Å². The number of hydrogen-bond acceptors (Lipinski definition) is 2. The van der Waals surface area contributed by atoms with Crippen molar-refractivity contribution < 1.29 is 4.79 Å². The fraction of sp³-hybridized carbons (Fsp3) is 0.409. The Morgan fingerprint density at radius 2 is 1.78 bits per heavy atom. The van der Waals surface area contributed by atoms with E-state index in [1.165, 1.54) is 12.8 Å². The molecule has 4 aliphatic heterocycles. The number of halogens is 2. The van der Waals surface area contributed by atoms with Gasteiger partial charge in [-0.15, -0.1) is 0 Å². The van der Waals surface area contributed by atoms with Crippen LogP contribution in [-0.2, 0) is 6.42 Å². The molecule has 140 valence electrons. The molecule has 3 nitrogen and oxygen atoms in total. The van der Waals surface area contributed by atoms with Crippen molar-refractivity contribution in [2.45, 2.75) is 31.3 Å². The second-order valence-electron chi connectivity index (χ2n) is 7.96. The Morgan fingerprint density at radius 1 is 1.00 bits per heavy atom. The zero-order chi connectivity index (χ0) is 18.5. The van der Waals surface area contributed by atoms with E-state index in [2.05, 4.69) is 15.9 Å². The van der Waals surface area contributed by atoms with Gasteiger partial charge in [0, 0.05) is 28.2 Å². The first-order chi connectivity index (χ1) is 13.1. The summed E-state index contributed by atoms with van der Waals surface area (Å²) in [5, 5.41) is 1.27. The van der Waals surface area contributed by atoms with E-state index in [1.807, 2.05) is 30.3 Å². The SMILES string of the molecule is O=C1c2ccccc2C[C@H](c2ccc(Cl)cc2Cl)N1[C@H]1CN2CCC1CC2. The highest BCUT2D eigenvalue weighted by Crippen LogP contribution is 2.42. The topological polar surface area (TPSA) is 23.6 Å². The molecule has 3 saturated heterocycles. The number of piperidine rings is 3. The Morgan fingerprint density at radius 3 is 2.48 bits per heavy atom. The van der Waals surface area contributed by atoms with Crippen LogP contribution in [0.2, 0.25) is 10.0 Å². The van der Waals surface area contributed by atoms with Gasteiger partial charge in [-0.05, 0) is 67.6 Å². The van der Waals surface area contributed by atoms with Crippen LogP contribution in [0.25, 0.3) is 0 Å². The summed E-state index contributed by atoms with van der Waals surface area (Å²) in [6.45, 7) is 3.29. The maximum Gasteiger partial charge on any atom is 0.254 e. The zero-order valence-electron chi connectivity index (χ0n) is 15.1. The molecule has 27 heavy (non-hydrogen) atoms. The third-order valence-corrected chi connectivity index (χ3v) is 7.09. The maximum atomic E-state index is 13.6. The maximum absolute atomic E-state index is 13.6. The minimum atomic E-state index is -0.0392. The second kappa shape index (κ2) is 6.80. The standard InChI is InChI=1S/C22H22Cl2N2O/c23-16-5-6-18(19(24)12-16)20-11-15-3-1-2-4-17(15)22(27)26(20)21-13-25-9-7-14(21)8-10-25/h1-6,12,14,20-21H,7-11,13H2/t20-,21+/m1/s1. The molecule has 0 aliphatic carbocycles. The van der Waals surface area contributed by atoms with Gasteiger partial charge in [0.15, 0.2) is 0 Å². The summed E-state index contributed by atoms with van der Waals surface area (Å²) in [7, 11) is 0. The van der Waals surface area contributed by atoms with Crippen molar-refractivity contribution in [3.8, 4) is 0 Å². The first kappa shape index (κ1) is 17.5. The monoisotopic (exact) mass is 400 g/mol. The summed E-state index contributed by atoms with van der Waals surface area (Å²) in [6, 6.07) is 13.9. The lowest BCUT2D eigenvalue weighted by Gasteiger charge is -2.52. The summed E-state index contributed by atoms with van der Waals surface area (Å²) in [5.41, 5.74) is 2.95. The van der Waals surface area contributed by atoms with Crippen LogP contribution in [0, 0.1) is 5.92 Å². The first-order valence-corrected chi connectivity index (χ1v) is 10.5. The van der Waals surface area contributed by atoms with E-state index in [4.69, 9.17) is 23.2 Å². The molecule has 0 saturated carbocycles. The summed E-state index contributed by atoms with van der Waals surface area (Å²) in [6.07, 6.45) is 3.15. The quantitative estimate of drug-likeness (QED) is 0.720. The molecule has 2 aromatic carbocycles. The molecule has 4 heterocycles. The van der Waals surface area contributed by atoms with Crippen LogP contribution in [0.3, 0.4) is 0 Å². The van der Waals surface area contributed by atoms with E-state index in [0.717, 1.165) is 42.7 Å². The molecule has 0 aromatic heterocycles. The average molecular weight is 401 g/mol. The number of benzene rings is 2. The van der Waals surface area contributed by atoms with E-state index >= 15 is 0 Å². The third kappa shape index (κ3) is 2.97. The van der Waals surface area contributed by atoms with Crippen molar-refractivity contribution in [1.82, 2.24) is 9.80 Å². The van der Waals surface area contributed by atoms with Gasteiger partial charge in [-0.25, -0.2) is 0 Å². The lowest BCUT2D eigenvalue weighted by atomic mass is 9.79. The van der Waals surface area contributed by atoms with E-state index in [-0.39, 0.29) is 18.0 Å². The largest absolute Gasteiger partial charge is 0.327 e. The van der Waals surface area contributed by atoms with Crippen molar-refractivity contribution in [3.63, 3.8) is 0 Å². The molecule has 5 heteroatoms. The molecular formula is C22H22Cl2N2O. The molecule has 0 N–H and O–H groups in total. The van der Waals surface area contributed by atoms with Crippen molar-refractivity contribution in [2.24, 2.45) is 5.92 Å². The molecule has 0 unspecified atom stereocenters. The predicted molar refractivity (Wildman–Crippen MR) is 108 cm³/mol. The lowest BCUT2D eigenvalue weighted by molar-refractivity contribution is -0.0104. The fourth-order valence-electron chi connectivity index (χ4n) is 5.16. The van der Waals surface area contributed by atoms with Crippen LogP contribution >= 0.6 is 23.2 Å². The van der Waals surface area contributed by atoms with E-state index < -0.39 is 0 Å². The predicted octanol–water partition coefficient (Wildman–Crippen LogP) is 4.83. The van der Waals surface area contributed by atoms with Gasteiger partial charge in [-0.2, -0.15) is 0 Å². The summed E-state index contributed by atoms with van der Waals surface area (Å²) in [4.78, 5) is 18.2. The van der Waals surface area contributed by atoms with Gasteiger partial charge in [0.1, 0.15) is 0 Å². The van der Waals surface area contributed by atoms with Gasteiger partial charge >= 0.3 is 0 Å². The van der Waals surface area contributed by atoms with E-state index in [0.29, 0.717) is 16.0 Å². The van der Waals surface area contributed by atoms with Crippen molar-refractivity contribution in [2.75, 3.05) is 19.6 Å². The smallest absolute Gasteiger partial charge is 0.254 e. The number of fused-ring (bicyclic) bond motifs is 4. The van der Waals surface area contributed by atoms with E-state index in [1.54, 1.807) is 6.07 Å². The number of carbonyl (C=O) groups excluding carboxylic acids is 1. The number of amides is 1. The van der Waals surface area contributed by atoms with Crippen molar-refractivity contribution in [1.29, 1.82) is 0 Å². The van der Waals surface area contributed by atoms with Crippen LogP contribution in [0.5, 0.6) is 0 Å². The van der Waals surface area contributed by atoms with Crippen LogP contribution in [0.1, 0.15) is 40.4 Å². The van der Waals surface area contributed by atoms with Gasteiger partial charge < -0.3 is 9.80 Å². The minimum absolute atomic E-state index is 0.0392. The zero-order valence-corrected chi connectivity index (χ0v) is 16.6. The average Bonchev–Trinajstić information content (AvgIpc) is 2.69. The molecule has 3 fully saturated rings. The summed E-state index contributed by atoms with van der Waals surface area (Å²) in [5.74, 6) is 0.726.